The minimum absolute atomic E-state index is 0.476. The van der Waals surface area contributed by atoms with Crippen molar-refractivity contribution in [3.05, 3.63) is 76.6 Å². The smallest absolute Gasteiger partial charge is 0.221 e. The van der Waals surface area contributed by atoms with E-state index in [2.05, 4.69) is 48.0 Å². The molecule has 0 saturated carbocycles. The monoisotopic (exact) mass is 372 g/mol. The molecule has 2 aromatic carbocycles. The second kappa shape index (κ2) is 8.45. The largest absolute Gasteiger partial charge is 0.438 e. The standard InChI is InChI=1S/C23H24N4O/c1-5-6-17-13-15(2)22(16(3)14-17)28-21-12-11-20(24)23(27-21)26-19-9-7-18(25-4)8-10-19/h7-14H,5-6,24H2,1-3H3,(H,26,27). The van der Waals surface area contributed by atoms with Crippen molar-refractivity contribution in [1.82, 2.24) is 4.98 Å². The van der Waals surface area contributed by atoms with Gasteiger partial charge in [0.15, 0.2) is 11.5 Å². The highest BCUT2D eigenvalue weighted by Crippen LogP contribution is 2.32. The SMILES string of the molecule is [C-]#[N+]c1ccc(Nc2nc(Oc3c(C)cc(CCC)cc3C)ccc2N)cc1. The molecule has 0 unspecified atom stereocenters. The number of aryl methyl sites for hydroxylation is 3. The van der Waals surface area contributed by atoms with Crippen molar-refractivity contribution in [2.45, 2.75) is 33.6 Å². The van der Waals surface area contributed by atoms with E-state index in [-0.39, 0.29) is 0 Å². The lowest BCUT2D eigenvalue weighted by atomic mass is 10.0. The lowest BCUT2D eigenvalue weighted by Gasteiger charge is -2.15. The molecular weight excluding hydrogens is 348 g/mol. The first-order valence-corrected chi connectivity index (χ1v) is 9.29. The lowest BCUT2D eigenvalue weighted by molar-refractivity contribution is 0.456. The maximum Gasteiger partial charge on any atom is 0.221 e. The van der Waals surface area contributed by atoms with Gasteiger partial charge in [-0.25, -0.2) is 4.85 Å². The molecule has 5 nitrogen and oxygen atoms in total. The van der Waals surface area contributed by atoms with Crippen LogP contribution in [-0.2, 0) is 6.42 Å². The molecule has 0 aliphatic heterocycles. The number of pyridine rings is 1. The van der Waals surface area contributed by atoms with Crippen LogP contribution in [0, 0.1) is 20.4 Å². The predicted molar refractivity (Wildman–Crippen MR) is 115 cm³/mol. The number of rotatable bonds is 6. The van der Waals surface area contributed by atoms with Gasteiger partial charge in [0, 0.05) is 11.8 Å². The number of anilines is 3. The number of nitrogen functional groups attached to an aromatic ring is 1. The van der Waals surface area contributed by atoms with E-state index in [9.17, 15) is 0 Å². The van der Waals surface area contributed by atoms with Crippen LogP contribution < -0.4 is 15.8 Å². The van der Waals surface area contributed by atoms with Gasteiger partial charge in [-0.2, -0.15) is 4.98 Å². The zero-order valence-electron chi connectivity index (χ0n) is 16.4. The summed E-state index contributed by atoms with van der Waals surface area (Å²) in [5, 5.41) is 3.19. The highest BCUT2D eigenvalue weighted by atomic mass is 16.5. The summed E-state index contributed by atoms with van der Waals surface area (Å²) in [6, 6.07) is 15.0. The highest BCUT2D eigenvalue weighted by Gasteiger charge is 2.11. The van der Waals surface area contributed by atoms with Crippen molar-refractivity contribution in [3.8, 4) is 11.6 Å². The van der Waals surface area contributed by atoms with Crippen LogP contribution in [0.1, 0.15) is 30.0 Å². The normalized spacial score (nSPS) is 10.4. The van der Waals surface area contributed by atoms with Crippen LogP contribution in [0.25, 0.3) is 4.85 Å². The number of nitrogens with one attached hydrogen (secondary N) is 1. The van der Waals surface area contributed by atoms with E-state index in [4.69, 9.17) is 17.0 Å². The predicted octanol–water partition coefficient (Wildman–Crippen LogP) is 6.32. The Hall–Kier alpha value is -3.52. The molecule has 0 fully saturated rings. The molecule has 0 atom stereocenters. The molecule has 3 aromatic rings. The second-order valence-electron chi connectivity index (χ2n) is 6.78. The number of ether oxygens (including phenoxy) is 1. The molecule has 1 aromatic heterocycles. The van der Waals surface area contributed by atoms with Crippen molar-refractivity contribution in [2.24, 2.45) is 0 Å². The molecule has 0 saturated heterocycles. The zero-order chi connectivity index (χ0) is 20.1. The Kier molecular flexibility index (Phi) is 5.81. The molecular formula is C23H24N4O. The maximum atomic E-state index is 7.03. The maximum absolute atomic E-state index is 7.03. The molecule has 5 heteroatoms. The summed E-state index contributed by atoms with van der Waals surface area (Å²) in [5.74, 6) is 1.82. The van der Waals surface area contributed by atoms with Gasteiger partial charge < -0.3 is 15.8 Å². The van der Waals surface area contributed by atoms with Crippen LogP contribution in [0.3, 0.4) is 0 Å². The molecule has 0 spiro atoms. The van der Waals surface area contributed by atoms with E-state index in [1.165, 1.54) is 5.56 Å². The van der Waals surface area contributed by atoms with Crippen molar-refractivity contribution >= 4 is 22.9 Å². The fourth-order valence-corrected chi connectivity index (χ4v) is 3.10. The Labute approximate surface area is 166 Å². The van der Waals surface area contributed by atoms with Crippen molar-refractivity contribution in [2.75, 3.05) is 11.1 Å². The van der Waals surface area contributed by atoms with Crippen molar-refractivity contribution in [3.63, 3.8) is 0 Å². The fraction of sp³-hybridized carbons (Fsp3) is 0.217. The molecule has 28 heavy (non-hydrogen) atoms. The Bertz CT molecular complexity index is 997. The Morgan fingerprint density at radius 1 is 1.07 bits per heavy atom. The average molecular weight is 372 g/mol. The minimum Gasteiger partial charge on any atom is -0.438 e. The molecule has 142 valence electrons. The van der Waals surface area contributed by atoms with Crippen LogP contribution >= 0.6 is 0 Å². The zero-order valence-corrected chi connectivity index (χ0v) is 16.4. The first-order valence-electron chi connectivity index (χ1n) is 9.29. The van der Waals surface area contributed by atoms with Crippen molar-refractivity contribution in [1.29, 1.82) is 0 Å². The highest BCUT2D eigenvalue weighted by molar-refractivity contribution is 5.70. The van der Waals surface area contributed by atoms with E-state index in [0.717, 1.165) is 35.4 Å². The van der Waals surface area contributed by atoms with Gasteiger partial charge in [0.1, 0.15) is 5.75 Å². The van der Waals surface area contributed by atoms with Gasteiger partial charge >= 0.3 is 0 Å². The summed E-state index contributed by atoms with van der Waals surface area (Å²) < 4.78 is 6.10. The van der Waals surface area contributed by atoms with Gasteiger partial charge in [0.25, 0.3) is 0 Å². The number of nitrogens with two attached hydrogens (primary N) is 1. The van der Waals surface area contributed by atoms with Gasteiger partial charge in [-0.1, -0.05) is 37.6 Å². The second-order valence-corrected chi connectivity index (χ2v) is 6.78. The number of nitrogens with zero attached hydrogens (tertiary/aromatic N) is 2. The molecule has 0 aliphatic rings. The minimum atomic E-state index is 0.476. The van der Waals surface area contributed by atoms with Gasteiger partial charge in [-0.05, 0) is 55.2 Å². The average Bonchev–Trinajstić information content (AvgIpc) is 2.68. The molecule has 3 rings (SSSR count). The van der Waals surface area contributed by atoms with E-state index >= 15 is 0 Å². The summed E-state index contributed by atoms with van der Waals surface area (Å²) in [6.07, 6.45) is 2.17. The number of aromatic nitrogens is 1. The van der Waals surface area contributed by atoms with E-state index in [1.807, 2.05) is 12.1 Å². The summed E-state index contributed by atoms with van der Waals surface area (Å²) in [5.41, 5.74) is 11.5. The number of benzene rings is 2. The third-order valence-corrected chi connectivity index (χ3v) is 4.43. The summed E-state index contributed by atoms with van der Waals surface area (Å²) >= 11 is 0. The van der Waals surface area contributed by atoms with Crippen LogP contribution in [0.2, 0.25) is 0 Å². The first-order chi connectivity index (χ1) is 13.5. The quantitative estimate of drug-likeness (QED) is 0.497. The molecule has 1 heterocycles. The number of hydrogen-bond donors (Lipinski definition) is 2. The Morgan fingerprint density at radius 2 is 1.75 bits per heavy atom. The molecule has 0 radical (unpaired) electrons. The van der Waals surface area contributed by atoms with Crippen LogP contribution in [-0.4, -0.2) is 4.98 Å². The molecule has 3 N–H and O–H groups in total. The molecule has 0 aliphatic carbocycles. The lowest BCUT2D eigenvalue weighted by Crippen LogP contribution is -2.01. The van der Waals surface area contributed by atoms with E-state index in [0.29, 0.717) is 23.1 Å². The van der Waals surface area contributed by atoms with Crippen molar-refractivity contribution < 1.29 is 4.74 Å². The van der Waals surface area contributed by atoms with Gasteiger partial charge in [-0.3, -0.25) is 0 Å². The topological polar surface area (TPSA) is 64.5 Å². The summed E-state index contributed by atoms with van der Waals surface area (Å²) in [4.78, 5) is 7.92. The third-order valence-electron chi connectivity index (χ3n) is 4.43. The molecule has 0 amide bonds. The van der Waals surface area contributed by atoms with E-state index < -0.39 is 0 Å². The van der Waals surface area contributed by atoms with E-state index in [1.54, 1.807) is 24.3 Å². The third kappa shape index (κ3) is 4.41. The van der Waals surface area contributed by atoms with Crippen LogP contribution in [0.15, 0.2) is 48.5 Å². The van der Waals surface area contributed by atoms with Gasteiger partial charge in [0.05, 0.1) is 12.3 Å². The first kappa shape index (κ1) is 19.2. The summed E-state index contributed by atoms with van der Waals surface area (Å²) in [7, 11) is 0. The molecule has 0 bridgehead atoms. The van der Waals surface area contributed by atoms with Crippen LogP contribution in [0.4, 0.5) is 22.9 Å². The van der Waals surface area contributed by atoms with Crippen LogP contribution in [0.5, 0.6) is 11.6 Å². The Balaban J connectivity index is 1.84. The summed E-state index contributed by atoms with van der Waals surface area (Å²) in [6.45, 7) is 13.3. The number of hydrogen-bond acceptors (Lipinski definition) is 4. The fourth-order valence-electron chi connectivity index (χ4n) is 3.10. The van der Waals surface area contributed by atoms with Gasteiger partial charge in [0.2, 0.25) is 5.88 Å². The van der Waals surface area contributed by atoms with Gasteiger partial charge in [-0.15, -0.1) is 0 Å². The Morgan fingerprint density at radius 3 is 2.36 bits per heavy atom.